The van der Waals surface area contributed by atoms with Crippen LogP contribution in [0, 0.1) is 0 Å². The minimum atomic E-state index is -3.89. The van der Waals surface area contributed by atoms with E-state index in [1.54, 1.807) is 24.3 Å². The lowest BCUT2D eigenvalue weighted by atomic mass is 10.1. The molecule has 0 radical (unpaired) electrons. The molecule has 31 heavy (non-hydrogen) atoms. The Hall–Kier alpha value is -2.29. The van der Waals surface area contributed by atoms with Gasteiger partial charge in [-0.05, 0) is 62.3 Å². The lowest BCUT2D eigenvalue weighted by Crippen LogP contribution is -2.51. The third-order valence-corrected chi connectivity index (χ3v) is 7.65. The summed E-state index contributed by atoms with van der Waals surface area (Å²) in [5.41, 5.74) is 0.412. The van der Waals surface area contributed by atoms with Gasteiger partial charge in [0.1, 0.15) is 5.75 Å². The van der Waals surface area contributed by atoms with Crippen LogP contribution in [-0.2, 0) is 14.8 Å². The van der Waals surface area contributed by atoms with Crippen molar-refractivity contribution in [2.24, 2.45) is 0 Å². The van der Waals surface area contributed by atoms with Gasteiger partial charge < -0.3 is 15.0 Å². The van der Waals surface area contributed by atoms with Crippen LogP contribution in [0.4, 0.5) is 5.69 Å². The Kier molecular flexibility index (Phi) is 6.69. The Morgan fingerprint density at radius 2 is 1.77 bits per heavy atom. The number of rotatable bonds is 6. The van der Waals surface area contributed by atoms with Gasteiger partial charge in [0.2, 0.25) is 0 Å². The van der Waals surface area contributed by atoms with E-state index in [1.807, 2.05) is 0 Å². The molecule has 2 aromatic carbocycles. The number of hydrogen-bond donors (Lipinski definition) is 1. The summed E-state index contributed by atoms with van der Waals surface area (Å²) >= 11 is 5.91. The molecule has 0 aromatic heterocycles. The van der Waals surface area contributed by atoms with Crippen molar-refractivity contribution in [2.45, 2.75) is 30.3 Å². The van der Waals surface area contributed by atoms with Crippen molar-refractivity contribution in [1.82, 2.24) is 10.2 Å². The molecule has 0 unspecified atom stereocenters. The number of para-hydroxylation sites is 2. The van der Waals surface area contributed by atoms with E-state index in [-0.39, 0.29) is 17.3 Å². The Balaban J connectivity index is 1.50. The average molecular weight is 464 g/mol. The molecule has 2 aromatic rings. The number of halogens is 1. The zero-order valence-electron chi connectivity index (χ0n) is 17.2. The molecule has 0 saturated carbocycles. The smallest absolute Gasteiger partial charge is 0.264 e. The number of piperidine rings is 1. The highest BCUT2D eigenvalue weighted by Crippen LogP contribution is 2.36. The van der Waals surface area contributed by atoms with Crippen molar-refractivity contribution in [3.8, 4) is 5.75 Å². The summed E-state index contributed by atoms with van der Waals surface area (Å²) in [6.07, 6.45) is 2.70. The molecular formula is C22H26ClN3O4S. The maximum absolute atomic E-state index is 13.3. The average Bonchev–Trinajstić information content (AvgIpc) is 2.79. The predicted octanol–water partition coefficient (Wildman–Crippen LogP) is 2.90. The molecule has 166 valence electrons. The van der Waals surface area contributed by atoms with Gasteiger partial charge in [0.25, 0.3) is 15.9 Å². The van der Waals surface area contributed by atoms with E-state index in [9.17, 15) is 13.2 Å². The van der Waals surface area contributed by atoms with Crippen molar-refractivity contribution in [3.63, 3.8) is 0 Å². The molecule has 4 rings (SSSR count). The number of anilines is 1. The number of nitrogens with one attached hydrogen (secondary N) is 1. The number of benzene rings is 2. The Labute approximate surface area is 188 Å². The fourth-order valence-corrected chi connectivity index (χ4v) is 5.54. The van der Waals surface area contributed by atoms with Gasteiger partial charge in [-0.2, -0.15) is 0 Å². The molecule has 1 atom stereocenters. The van der Waals surface area contributed by atoms with Crippen LogP contribution in [0.2, 0.25) is 5.02 Å². The number of sulfonamides is 1. The summed E-state index contributed by atoms with van der Waals surface area (Å²) < 4.78 is 33.8. The standard InChI is InChI=1S/C22H26ClN3O4S/c23-17-8-10-18(11-9-17)31(28,29)26-16-21(30-20-7-3-2-6-19(20)26)22(27)24-12-15-25-13-4-1-5-14-25/h2-3,6-11,21H,1,4-5,12-16H2,(H,24,27)/t21-/m0/s1. The van der Waals surface area contributed by atoms with Crippen LogP contribution < -0.4 is 14.4 Å². The van der Waals surface area contributed by atoms with Crippen LogP contribution in [0.15, 0.2) is 53.4 Å². The van der Waals surface area contributed by atoms with Crippen LogP contribution in [0.25, 0.3) is 0 Å². The molecule has 1 N–H and O–H groups in total. The highest BCUT2D eigenvalue weighted by Gasteiger charge is 2.37. The Morgan fingerprint density at radius 1 is 1.06 bits per heavy atom. The lowest BCUT2D eigenvalue weighted by Gasteiger charge is -2.35. The molecule has 7 nitrogen and oxygen atoms in total. The number of amides is 1. The normalized spacial score (nSPS) is 19.4. The van der Waals surface area contributed by atoms with Crippen molar-refractivity contribution in [3.05, 3.63) is 53.6 Å². The SMILES string of the molecule is O=C(NCCN1CCCCC1)[C@@H]1CN(S(=O)(=O)c2ccc(Cl)cc2)c2ccccc2O1. The van der Waals surface area contributed by atoms with E-state index in [1.165, 1.54) is 47.8 Å². The molecule has 9 heteroatoms. The first-order chi connectivity index (χ1) is 14.9. The molecule has 2 aliphatic heterocycles. The van der Waals surface area contributed by atoms with Gasteiger partial charge in [-0.1, -0.05) is 30.2 Å². The minimum absolute atomic E-state index is 0.0997. The highest BCUT2D eigenvalue weighted by molar-refractivity contribution is 7.92. The molecule has 2 heterocycles. The number of carbonyl (C=O) groups is 1. The van der Waals surface area contributed by atoms with Crippen molar-refractivity contribution in [1.29, 1.82) is 0 Å². The molecule has 1 fully saturated rings. The first-order valence-electron chi connectivity index (χ1n) is 10.5. The lowest BCUT2D eigenvalue weighted by molar-refractivity contribution is -0.127. The number of nitrogens with zero attached hydrogens (tertiary/aromatic N) is 2. The number of ether oxygens (including phenoxy) is 1. The maximum Gasteiger partial charge on any atom is 0.264 e. The molecule has 1 saturated heterocycles. The van der Waals surface area contributed by atoms with E-state index < -0.39 is 16.1 Å². The molecule has 0 spiro atoms. The van der Waals surface area contributed by atoms with Gasteiger partial charge in [0, 0.05) is 18.1 Å². The fourth-order valence-electron chi connectivity index (χ4n) is 3.93. The van der Waals surface area contributed by atoms with Crippen LogP contribution in [-0.4, -0.2) is 58.1 Å². The van der Waals surface area contributed by atoms with Crippen molar-refractivity contribution >= 4 is 33.2 Å². The van der Waals surface area contributed by atoms with E-state index in [0.717, 1.165) is 19.6 Å². The molecule has 0 aliphatic carbocycles. The summed E-state index contributed by atoms with van der Waals surface area (Å²) in [4.78, 5) is 15.3. The van der Waals surface area contributed by atoms with Crippen LogP contribution >= 0.6 is 11.6 Å². The minimum Gasteiger partial charge on any atom is -0.476 e. The third-order valence-electron chi connectivity index (χ3n) is 5.60. The van der Waals surface area contributed by atoms with Crippen LogP contribution in [0.3, 0.4) is 0 Å². The van der Waals surface area contributed by atoms with Gasteiger partial charge in [-0.15, -0.1) is 0 Å². The topological polar surface area (TPSA) is 79.0 Å². The highest BCUT2D eigenvalue weighted by atomic mass is 35.5. The van der Waals surface area contributed by atoms with Gasteiger partial charge >= 0.3 is 0 Å². The summed E-state index contributed by atoms with van der Waals surface area (Å²) in [5.74, 6) is 0.0466. The fraction of sp³-hybridized carbons (Fsp3) is 0.409. The van der Waals surface area contributed by atoms with Crippen molar-refractivity contribution in [2.75, 3.05) is 37.0 Å². The Bertz CT molecular complexity index is 1020. The molecule has 1 amide bonds. The Morgan fingerprint density at radius 3 is 2.52 bits per heavy atom. The largest absolute Gasteiger partial charge is 0.476 e. The summed E-state index contributed by atoms with van der Waals surface area (Å²) in [6, 6.07) is 12.8. The predicted molar refractivity (Wildman–Crippen MR) is 120 cm³/mol. The first kappa shape index (κ1) is 21.9. The summed E-state index contributed by atoms with van der Waals surface area (Å²) in [5, 5.41) is 3.36. The van der Waals surface area contributed by atoms with Crippen molar-refractivity contribution < 1.29 is 17.9 Å². The number of carbonyl (C=O) groups excluding carboxylic acids is 1. The maximum atomic E-state index is 13.3. The van der Waals surface area contributed by atoms with E-state index >= 15 is 0 Å². The van der Waals surface area contributed by atoms with E-state index in [4.69, 9.17) is 16.3 Å². The number of hydrogen-bond acceptors (Lipinski definition) is 5. The summed E-state index contributed by atoms with van der Waals surface area (Å²) in [6.45, 7) is 3.29. The second kappa shape index (κ2) is 9.46. The van der Waals surface area contributed by atoms with Gasteiger partial charge in [0.05, 0.1) is 17.1 Å². The zero-order valence-corrected chi connectivity index (χ0v) is 18.7. The summed E-state index contributed by atoms with van der Waals surface area (Å²) in [7, 11) is -3.89. The number of likely N-dealkylation sites (tertiary alicyclic amines) is 1. The quantitative estimate of drug-likeness (QED) is 0.712. The zero-order chi connectivity index (χ0) is 21.8. The third kappa shape index (κ3) is 4.97. The van der Waals surface area contributed by atoms with E-state index in [2.05, 4.69) is 10.2 Å². The van der Waals surface area contributed by atoms with Crippen LogP contribution in [0.5, 0.6) is 5.75 Å². The second-order valence-electron chi connectivity index (χ2n) is 7.76. The molecular weight excluding hydrogens is 438 g/mol. The second-order valence-corrected chi connectivity index (χ2v) is 10.1. The monoisotopic (exact) mass is 463 g/mol. The van der Waals surface area contributed by atoms with Gasteiger partial charge in [-0.25, -0.2) is 8.42 Å². The number of fused-ring (bicyclic) bond motifs is 1. The molecule has 0 bridgehead atoms. The first-order valence-corrected chi connectivity index (χ1v) is 12.3. The van der Waals surface area contributed by atoms with Gasteiger partial charge in [0.15, 0.2) is 6.10 Å². The van der Waals surface area contributed by atoms with Gasteiger partial charge in [-0.3, -0.25) is 9.10 Å². The van der Waals surface area contributed by atoms with Crippen LogP contribution in [0.1, 0.15) is 19.3 Å². The molecule has 2 aliphatic rings. The van der Waals surface area contributed by atoms with E-state index in [0.29, 0.717) is 23.0 Å².